The lowest BCUT2D eigenvalue weighted by Gasteiger charge is -2.27. The summed E-state index contributed by atoms with van der Waals surface area (Å²) in [5.74, 6) is -0.0335. The molecule has 0 saturated heterocycles. The van der Waals surface area contributed by atoms with Gasteiger partial charge < -0.3 is 19.5 Å². The molecule has 0 unspecified atom stereocenters. The number of nitrogens with one attached hydrogen (secondary N) is 1. The molecule has 154 valence electrons. The predicted molar refractivity (Wildman–Crippen MR) is 109 cm³/mol. The first-order valence-corrected chi connectivity index (χ1v) is 10.3. The molecule has 0 fully saturated rings. The summed E-state index contributed by atoms with van der Waals surface area (Å²) in [4.78, 5) is 38.4. The number of anilines is 2. The van der Waals surface area contributed by atoms with Crippen molar-refractivity contribution in [2.45, 2.75) is 37.9 Å². The minimum atomic E-state index is -0.372. The lowest BCUT2D eigenvalue weighted by atomic mass is 10.2. The molecule has 3 rings (SSSR count). The fourth-order valence-corrected chi connectivity index (χ4v) is 3.92. The number of esters is 1. The minimum absolute atomic E-state index is 0.0240. The SMILES string of the molecule is CCOC(=O)Cc1nnc(SCC(=O)N2c3ccccc3NC(=O)C[C@@H]2C)n1C. The van der Waals surface area contributed by atoms with Crippen LogP contribution in [0.2, 0.25) is 0 Å². The van der Waals surface area contributed by atoms with Gasteiger partial charge in [-0.15, -0.1) is 10.2 Å². The normalized spacial score (nSPS) is 16.0. The van der Waals surface area contributed by atoms with Crippen LogP contribution in [0, 0.1) is 0 Å². The molecule has 0 aliphatic carbocycles. The van der Waals surface area contributed by atoms with Crippen molar-refractivity contribution in [3.63, 3.8) is 0 Å². The zero-order chi connectivity index (χ0) is 21.0. The molecule has 2 heterocycles. The number of ether oxygens (including phenoxy) is 1. The van der Waals surface area contributed by atoms with Crippen LogP contribution in [0.3, 0.4) is 0 Å². The number of carbonyl (C=O) groups is 3. The highest BCUT2D eigenvalue weighted by molar-refractivity contribution is 7.99. The predicted octanol–water partition coefficient (Wildman–Crippen LogP) is 1.78. The Morgan fingerprint density at radius 3 is 2.83 bits per heavy atom. The highest BCUT2D eigenvalue weighted by Crippen LogP contribution is 2.32. The molecule has 1 aliphatic rings. The van der Waals surface area contributed by atoms with Crippen LogP contribution >= 0.6 is 11.8 Å². The quantitative estimate of drug-likeness (QED) is 0.564. The van der Waals surface area contributed by atoms with Crippen LogP contribution in [0.15, 0.2) is 29.4 Å². The lowest BCUT2D eigenvalue weighted by Crippen LogP contribution is -2.40. The highest BCUT2D eigenvalue weighted by atomic mass is 32.2. The van der Waals surface area contributed by atoms with Gasteiger partial charge in [0.2, 0.25) is 11.8 Å². The van der Waals surface area contributed by atoms with Crippen molar-refractivity contribution in [1.82, 2.24) is 14.8 Å². The molecule has 0 bridgehead atoms. The van der Waals surface area contributed by atoms with Crippen LogP contribution in [-0.2, 0) is 32.6 Å². The molecule has 1 aliphatic heterocycles. The number of aromatic nitrogens is 3. The summed E-state index contributed by atoms with van der Waals surface area (Å²) in [6, 6.07) is 6.98. The van der Waals surface area contributed by atoms with E-state index in [4.69, 9.17) is 4.74 Å². The van der Waals surface area contributed by atoms with Gasteiger partial charge in [0.05, 0.1) is 23.7 Å². The molecule has 0 saturated carbocycles. The Morgan fingerprint density at radius 1 is 1.31 bits per heavy atom. The van der Waals surface area contributed by atoms with Gasteiger partial charge in [-0.25, -0.2) is 0 Å². The zero-order valence-corrected chi connectivity index (χ0v) is 17.4. The Balaban J connectivity index is 1.72. The van der Waals surface area contributed by atoms with Crippen LogP contribution in [0.4, 0.5) is 11.4 Å². The molecule has 0 radical (unpaired) electrons. The number of nitrogens with zero attached hydrogens (tertiary/aromatic N) is 4. The second kappa shape index (κ2) is 9.08. The van der Waals surface area contributed by atoms with Crippen LogP contribution < -0.4 is 10.2 Å². The maximum absolute atomic E-state index is 13.0. The van der Waals surface area contributed by atoms with E-state index in [9.17, 15) is 14.4 Å². The van der Waals surface area contributed by atoms with Crippen molar-refractivity contribution >= 4 is 40.9 Å². The molecule has 2 amide bonds. The number of rotatable bonds is 6. The molecule has 1 aromatic carbocycles. The van der Waals surface area contributed by atoms with Gasteiger partial charge in [-0.1, -0.05) is 23.9 Å². The fourth-order valence-electron chi connectivity index (χ4n) is 3.13. The summed E-state index contributed by atoms with van der Waals surface area (Å²) in [5, 5.41) is 11.5. The summed E-state index contributed by atoms with van der Waals surface area (Å²) >= 11 is 1.24. The van der Waals surface area contributed by atoms with Gasteiger partial charge in [-0.3, -0.25) is 14.4 Å². The largest absolute Gasteiger partial charge is 0.466 e. The molecular formula is C19H23N5O4S. The third-order valence-electron chi connectivity index (χ3n) is 4.49. The fraction of sp³-hybridized carbons (Fsp3) is 0.421. The minimum Gasteiger partial charge on any atom is -0.466 e. The van der Waals surface area contributed by atoms with E-state index in [1.165, 1.54) is 11.8 Å². The second-order valence-electron chi connectivity index (χ2n) is 6.61. The average molecular weight is 417 g/mol. The van der Waals surface area contributed by atoms with Gasteiger partial charge >= 0.3 is 5.97 Å². The lowest BCUT2D eigenvalue weighted by molar-refractivity contribution is -0.142. The van der Waals surface area contributed by atoms with E-state index in [1.54, 1.807) is 29.5 Å². The number of fused-ring (bicyclic) bond motifs is 1. The van der Waals surface area contributed by atoms with Crippen molar-refractivity contribution in [3.05, 3.63) is 30.1 Å². The van der Waals surface area contributed by atoms with Gasteiger partial charge in [0, 0.05) is 19.5 Å². The van der Waals surface area contributed by atoms with E-state index in [0.29, 0.717) is 29.0 Å². The summed E-state index contributed by atoms with van der Waals surface area (Å²) < 4.78 is 6.61. The molecule has 1 atom stereocenters. The van der Waals surface area contributed by atoms with Gasteiger partial charge in [0.1, 0.15) is 12.2 Å². The smallest absolute Gasteiger partial charge is 0.313 e. The summed E-state index contributed by atoms with van der Waals surface area (Å²) in [6.07, 6.45) is 0.245. The number of benzene rings is 1. The summed E-state index contributed by atoms with van der Waals surface area (Å²) in [7, 11) is 1.74. The van der Waals surface area contributed by atoms with Crippen molar-refractivity contribution in [2.75, 3.05) is 22.6 Å². The van der Waals surface area contributed by atoms with Crippen LogP contribution in [-0.4, -0.2) is 50.9 Å². The Labute approximate surface area is 172 Å². The number of thioether (sulfide) groups is 1. The molecule has 2 aromatic rings. The molecule has 0 spiro atoms. The Kier molecular flexibility index (Phi) is 6.53. The molecule has 9 nitrogen and oxygen atoms in total. The Bertz CT molecular complexity index is 929. The molecular weight excluding hydrogens is 394 g/mol. The monoisotopic (exact) mass is 417 g/mol. The van der Waals surface area contributed by atoms with E-state index in [1.807, 2.05) is 25.1 Å². The highest BCUT2D eigenvalue weighted by Gasteiger charge is 2.29. The van der Waals surface area contributed by atoms with Gasteiger partial charge in [-0.2, -0.15) is 0 Å². The number of hydrogen-bond donors (Lipinski definition) is 1. The van der Waals surface area contributed by atoms with E-state index in [0.717, 1.165) is 0 Å². The summed E-state index contributed by atoms with van der Waals surface area (Å²) in [5.41, 5.74) is 1.30. The maximum Gasteiger partial charge on any atom is 0.313 e. The maximum atomic E-state index is 13.0. The Hall–Kier alpha value is -2.88. The molecule has 1 N–H and O–H groups in total. The number of hydrogen-bond acceptors (Lipinski definition) is 7. The van der Waals surface area contributed by atoms with E-state index in [-0.39, 0.29) is 42.4 Å². The van der Waals surface area contributed by atoms with Crippen molar-refractivity contribution < 1.29 is 19.1 Å². The van der Waals surface area contributed by atoms with Crippen LogP contribution in [0.25, 0.3) is 0 Å². The molecule has 10 heteroatoms. The molecule has 1 aromatic heterocycles. The standard InChI is InChI=1S/C19H23N5O4S/c1-4-28-18(27)10-15-21-22-19(23(15)3)29-11-17(26)24-12(2)9-16(25)20-13-7-5-6-8-14(13)24/h5-8,12H,4,9-11H2,1-3H3,(H,20,25)/t12-/m0/s1. The third kappa shape index (κ3) is 4.76. The van der Waals surface area contributed by atoms with Crippen molar-refractivity contribution in [1.29, 1.82) is 0 Å². The number of amides is 2. The van der Waals surface area contributed by atoms with Crippen LogP contribution in [0.1, 0.15) is 26.1 Å². The van der Waals surface area contributed by atoms with Gasteiger partial charge in [0.25, 0.3) is 0 Å². The Morgan fingerprint density at radius 2 is 2.07 bits per heavy atom. The second-order valence-corrected chi connectivity index (χ2v) is 7.55. The third-order valence-corrected chi connectivity index (χ3v) is 5.49. The molecule has 29 heavy (non-hydrogen) atoms. The summed E-state index contributed by atoms with van der Waals surface area (Å²) in [6.45, 7) is 3.90. The zero-order valence-electron chi connectivity index (χ0n) is 16.5. The topological polar surface area (TPSA) is 106 Å². The first kappa shape index (κ1) is 20.8. The first-order valence-electron chi connectivity index (χ1n) is 9.28. The van der Waals surface area contributed by atoms with Gasteiger partial charge in [-0.05, 0) is 26.0 Å². The van der Waals surface area contributed by atoms with Crippen LogP contribution in [0.5, 0.6) is 0 Å². The van der Waals surface area contributed by atoms with E-state index < -0.39 is 0 Å². The number of carbonyl (C=O) groups excluding carboxylic acids is 3. The average Bonchev–Trinajstić information content (AvgIpc) is 2.94. The van der Waals surface area contributed by atoms with E-state index in [2.05, 4.69) is 15.5 Å². The number of para-hydroxylation sites is 2. The van der Waals surface area contributed by atoms with E-state index >= 15 is 0 Å². The first-order chi connectivity index (χ1) is 13.9. The van der Waals surface area contributed by atoms with Crippen molar-refractivity contribution in [3.8, 4) is 0 Å². The van der Waals surface area contributed by atoms with Crippen molar-refractivity contribution in [2.24, 2.45) is 7.05 Å². The van der Waals surface area contributed by atoms with Gasteiger partial charge in [0.15, 0.2) is 5.16 Å².